The van der Waals surface area contributed by atoms with Crippen LogP contribution < -0.4 is 5.43 Å². The van der Waals surface area contributed by atoms with Crippen LogP contribution in [-0.4, -0.2) is 16.1 Å². The third-order valence-electron chi connectivity index (χ3n) is 3.04. The Bertz CT molecular complexity index is 883. The molecule has 0 unspecified atom stereocenters. The molecule has 0 saturated heterocycles. The molecule has 0 aliphatic carbocycles. The number of pyridine rings is 1. The summed E-state index contributed by atoms with van der Waals surface area (Å²) in [6, 6.07) is 10.2. The third-order valence-corrected chi connectivity index (χ3v) is 3.94. The molecule has 2 N–H and O–H groups in total. The summed E-state index contributed by atoms with van der Waals surface area (Å²) in [6.07, 6.45) is 0. The van der Waals surface area contributed by atoms with Gasteiger partial charge >= 0.3 is 5.97 Å². The summed E-state index contributed by atoms with van der Waals surface area (Å²) in [4.78, 5) is 26.7. The molecule has 3 rings (SSSR count). The SMILES string of the molecule is O=C(O)c1cccc2c(=O)c3c(I)cccc3[nH]c12. The summed E-state index contributed by atoms with van der Waals surface area (Å²) < 4.78 is 0.846. The molecule has 1 aromatic heterocycles. The minimum Gasteiger partial charge on any atom is -0.478 e. The van der Waals surface area contributed by atoms with Crippen molar-refractivity contribution in [3.05, 3.63) is 55.8 Å². The number of rotatable bonds is 1. The Morgan fingerprint density at radius 2 is 1.89 bits per heavy atom. The van der Waals surface area contributed by atoms with Gasteiger partial charge in [-0.3, -0.25) is 4.79 Å². The smallest absolute Gasteiger partial charge is 0.337 e. The van der Waals surface area contributed by atoms with Gasteiger partial charge in [-0.2, -0.15) is 0 Å². The van der Waals surface area contributed by atoms with Crippen molar-refractivity contribution in [2.75, 3.05) is 0 Å². The van der Waals surface area contributed by atoms with Gasteiger partial charge < -0.3 is 10.1 Å². The van der Waals surface area contributed by atoms with E-state index in [1.807, 2.05) is 12.1 Å². The van der Waals surface area contributed by atoms with E-state index in [4.69, 9.17) is 0 Å². The number of H-pyrrole nitrogens is 1. The van der Waals surface area contributed by atoms with E-state index >= 15 is 0 Å². The minimum absolute atomic E-state index is 0.107. The van der Waals surface area contributed by atoms with Crippen molar-refractivity contribution in [1.82, 2.24) is 4.98 Å². The highest BCUT2D eigenvalue weighted by Gasteiger charge is 2.13. The number of benzene rings is 2. The maximum Gasteiger partial charge on any atom is 0.337 e. The highest BCUT2D eigenvalue weighted by Crippen LogP contribution is 2.21. The Balaban J connectivity index is 2.62. The number of halogens is 1. The number of aromatic carboxylic acids is 1. The molecule has 19 heavy (non-hydrogen) atoms. The second kappa shape index (κ2) is 4.34. The fourth-order valence-electron chi connectivity index (χ4n) is 2.18. The summed E-state index contributed by atoms with van der Waals surface area (Å²) in [5, 5.41) is 10.2. The zero-order valence-corrected chi connectivity index (χ0v) is 11.8. The van der Waals surface area contributed by atoms with E-state index < -0.39 is 5.97 Å². The van der Waals surface area contributed by atoms with Gasteiger partial charge in [-0.15, -0.1) is 0 Å². The quantitative estimate of drug-likeness (QED) is 0.515. The van der Waals surface area contributed by atoms with Crippen molar-refractivity contribution in [3.8, 4) is 0 Å². The van der Waals surface area contributed by atoms with Crippen LogP contribution in [0.4, 0.5) is 0 Å². The zero-order valence-electron chi connectivity index (χ0n) is 9.61. The van der Waals surface area contributed by atoms with Gasteiger partial charge in [-0.25, -0.2) is 4.79 Å². The lowest BCUT2D eigenvalue weighted by Crippen LogP contribution is -2.09. The first-order valence-corrected chi connectivity index (χ1v) is 6.64. The van der Waals surface area contributed by atoms with Gasteiger partial charge in [0.25, 0.3) is 0 Å². The van der Waals surface area contributed by atoms with Gasteiger partial charge in [0.1, 0.15) is 0 Å². The number of carboxylic acid groups (broad SMARTS) is 1. The maximum atomic E-state index is 12.5. The molecule has 1 heterocycles. The number of fused-ring (bicyclic) bond motifs is 2. The average Bonchev–Trinajstić information content (AvgIpc) is 2.38. The Kier molecular flexibility index (Phi) is 2.78. The lowest BCUT2D eigenvalue weighted by Gasteiger charge is -2.06. The molecule has 0 saturated carbocycles. The van der Waals surface area contributed by atoms with Crippen molar-refractivity contribution in [1.29, 1.82) is 0 Å². The maximum absolute atomic E-state index is 12.5. The Hall–Kier alpha value is -1.89. The van der Waals surface area contributed by atoms with Gasteiger partial charge in [0, 0.05) is 8.96 Å². The zero-order chi connectivity index (χ0) is 13.6. The molecule has 0 radical (unpaired) electrons. The van der Waals surface area contributed by atoms with Crippen LogP contribution in [0.2, 0.25) is 0 Å². The van der Waals surface area contributed by atoms with Gasteiger partial charge in [-0.05, 0) is 46.9 Å². The summed E-state index contributed by atoms with van der Waals surface area (Å²) in [6.45, 7) is 0. The molecule has 2 aromatic carbocycles. The molecule has 0 bridgehead atoms. The van der Waals surface area contributed by atoms with Gasteiger partial charge in [0.2, 0.25) is 0 Å². The van der Waals surface area contributed by atoms with E-state index in [0.717, 1.165) is 3.57 Å². The Morgan fingerprint density at radius 1 is 1.16 bits per heavy atom. The van der Waals surface area contributed by atoms with Gasteiger partial charge in [-0.1, -0.05) is 12.1 Å². The van der Waals surface area contributed by atoms with E-state index in [1.165, 1.54) is 6.07 Å². The van der Waals surface area contributed by atoms with Crippen LogP contribution in [0.3, 0.4) is 0 Å². The molecule has 0 spiro atoms. The van der Waals surface area contributed by atoms with E-state index in [0.29, 0.717) is 21.8 Å². The summed E-state index contributed by atoms with van der Waals surface area (Å²) in [5.41, 5.74) is 0.986. The number of aromatic amines is 1. The average molecular weight is 365 g/mol. The molecule has 4 nitrogen and oxygen atoms in total. The van der Waals surface area contributed by atoms with Crippen LogP contribution in [0.15, 0.2) is 41.2 Å². The summed E-state index contributed by atoms with van der Waals surface area (Å²) >= 11 is 2.10. The lowest BCUT2D eigenvalue weighted by atomic mass is 10.1. The molecule has 3 aromatic rings. The van der Waals surface area contributed by atoms with Crippen LogP contribution in [0.1, 0.15) is 10.4 Å². The molecular formula is C14H8INO3. The topological polar surface area (TPSA) is 70.2 Å². The fourth-order valence-corrected chi connectivity index (χ4v) is 2.93. The van der Waals surface area contributed by atoms with E-state index in [1.54, 1.807) is 18.2 Å². The largest absolute Gasteiger partial charge is 0.478 e. The van der Waals surface area contributed by atoms with Gasteiger partial charge in [0.15, 0.2) is 5.43 Å². The van der Waals surface area contributed by atoms with Crippen molar-refractivity contribution >= 4 is 50.4 Å². The number of nitrogens with one attached hydrogen (secondary N) is 1. The third kappa shape index (κ3) is 1.81. The monoisotopic (exact) mass is 365 g/mol. The minimum atomic E-state index is -1.05. The van der Waals surface area contributed by atoms with Crippen molar-refractivity contribution in [3.63, 3.8) is 0 Å². The molecular weight excluding hydrogens is 357 g/mol. The molecule has 0 amide bonds. The fraction of sp³-hybridized carbons (Fsp3) is 0. The van der Waals surface area contributed by atoms with Gasteiger partial charge in [0.05, 0.1) is 22.0 Å². The Morgan fingerprint density at radius 3 is 2.63 bits per heavy atom. The standard InChI is InChI=1S/C14H8INO3/c15-9-5-2-6-10-11(9)13(17)7-3-1-4-8(14(18)19)12(7)16-10/h1-6H,(H,16,17)(H,18,19). The van der Waals surface area contributed by atoms with Crippen molar-refractivity contribution in [2.45, 2.75) is 0 Å². The molecule has 0 aliphatic rings. The van der Waals surface area contributed by atoms with Crippen LogP contribution in [0, 0.1) is 3.57 Å². The number of para-hydroxylation sites is 1. The van der Waals surface area contributed by atoms with Crippen LogP contribution in [-0.2, 0) is 0 Å². The van der Waals surface area contributed by atoms with Crippen molar-refractivity contribution in [2.24, 2.45) is 0 Å². The van der Waals surface area contributed by atoms with E-state index in [9.17, 15) is 14.7 Å². The second-order valence-electron chi connectivity index (χ2n) is 4.15. The number of carboxylic acids is 1. The number of hydrogen-bond donors (Lipinski definition) is 2. The van der Waals surface area contributed by atoms with Crippen LogP contribution in [0.5, 0.6) is 0 Å². The normalized spacial score (nSPS) is 11.0. The van der Waals surface area contributed by atoms with Crippen LogP contribution >= 0.6 is 22.6 Å². The lowest BCUT2D eigenvalue weighted by molar-refractivity contribution is 0.0699. The summed E-state index contributed by atoms with van der Waals surface area (Å²) in [7, 11) is 0. The highest BCUT2D eigenvalue weighted by molar-refractivity contribution is 14.1. The molecule has 5 heteroatoms. The molecule has 94 valence electrons. The van der Waals surface area contributed by atoms with Crippen molar-refractivity contribution < 1.29 is 9.90 Å². The van der Waals surface area contributed by atoms with Crippen LogP contribution in [0.25, 0.3) is 21.8 Å². The molecule has 0 atom stereocenters. The number of aromatic nitrogens is 1. The molecule has 0 aliphatic heterocycles. The van der Waals surface area contributed by atoms with E-state index in [2.05, 4.69) is 27.6 Å². The number of hydrogen-bond acceptors (Lipinski definition) is 2. The van der Waals surface area contributed by atoms with E-state index in [-0.39, 0.29) is 11.0 Å². The highest BCUT2D eigenvalue weighted by atomic mass is 127. The summed E-state index contributed by atoms with van der Waals surface area (Å²) in [5.74, 6) is -1.05. The second-order valence-corrected chi connectivity index (χ2v) is 5.31. The predicted molar refractivity (Wildman–Crippen MR) is 81.8 cm³/mol. The first-order chi connectivity index (χ1) is 9.09. The predicted octanol–water partition coefficient (Wildman–Crippen LogP) is 2.98. The molecule has 0 fully saturated rings. The first-order valence-electron chi connectivity index (χ1n) is 5.56. The number of carbonyl (C=O) groups is 1. The first kappa shape index (κ1) is 12.2. The Labute approximate surface area is 121 Å².